The largest absolute Gasteiger partial charge is 0.464 e. The van der Waals surface area contributed by atoms with Crippen LogP contribution in [0.5, 0.6) is 0 Å². The minimum absolute atomic E-state index is 0.0445. The molecule has 4 aliphatic carbocycles. The predicted octanol–water partition coefficient (Wildman–Crippen LogP) is 4.80. The summed E-state index contributed by atoms with van der Waals surface area (Å²) in [6, 6.07) is 18.5. The Balaban J connectivity index is 0.000000175. The van der Waals surface area contributed by atoms with Crippen molar-refractivity contribution in [3.8, 4) is 0 Å². The van der Waals surface area contributed by atoms with Crippen LogP contribution in [0.3, 0.4) is 0 Å². The number of nitrogens with one attached hydrogen (secondary N) is 2. The summed E-state index contributed by atoms with van der Waals surface area (Å²) in [6.07, 6.45) is 6.01. The molecule has 0 aromatic heterocycles. The lowest BCUT2D eigenvalue weighted by molar-refractivity contribution is -0.190. The minimum atomic E-state index is -0.602. The summed E-state index contributed by atoms with van der Waals surface area (Å²) in [4.78, 5) is 36.4. The van der Waals surface area contributed by atoms with Gasteiger partial charge in [0.1, 0.15) is 44.2 Å². The number of aliphatic hydroxyl groups excluding tert-OH is 1. The molecule has 2 aromatic rings. The molecule has 312 valence electrons. The topological polar surface area (TPSA) is 179 Å². The summed E-state index contributed by atoms with van der Waals surface area (Å²) in [7, 11) is 0. The number of esters is 1. The molecule has 0 radical (unpaired) electrons. The normalized spacial score (nSPS) is 30.0. The van der Waals surface area contributed by atoms with Crippen LogP contribution in [-0.2, 0) is 60.6 Å². The number of carbonyl (C=O) groups is 3. The highest BCUT2D eigenvalue weighted by molar-refractivity contribution is 5.70. The van der Waals surface area contributed by atoms with Crippen LogP contribution in [0.25, 0.3) is 0 Å². The molecule has 15 nitrogen and oxygen atoms in total. The Kier molecular flexibility index (Phi) is 14.0. The van der Waals surface area contributed by atoms with E-state index in [4.69, 9.17) is 47.7 Å². The van der Waals surface area contributed by atoms with Crippen molar-refractivity contribution in [1.82, 2.24) is 10.6 Å². The molecule has 2 spiro atoms. The van der Waals surface area contributed by atoms with Gasteiger partial charge >= 0.3 is 18.2 Å². The van der Waals surface area contributed by atoms with Gasteiger partial charge in [0.2, 0.25) is 0 Å². The number of hydrogen-bond acceptors (Lipinski definition) is 13. The maximum absolute atomic E-state index is 12.4. The van der Waals surface area contributed by atoms with Crippen LogP contribution in [0.1, 0.15) is 82.3 Å². The van der Waals surface area contributed by atoms with E-state index < -0.39 is 29.7 Å². The lowest BCUT2D eigenvalue weighted by Crippen LogP contribution is -2.43. The Morgan fingerprint density at radius 2 is 1.09 bits per heavy atom. The fourth-order valence-corrected chi connectivity index (χ4v) is 8.87. The summed E-state index contributed by atoms with van der Waals surface area (Å²) in [5.74, 6) is -1.55. The van der Waals surface area contributed by atoms with Gasteiger partial charge in [-0.1, -0.05) is 60.7 Å². The molecule has 3 N–H and O–H groups in total. The van der Waals surface area contributed by atoms with Gasteiger partial charge in [0.15, 0.2) is 11.6 Å². The average Bonchev–Trinajstić information content (AvgIpc) is 4.09. The number of benzene rings is 2. The molecule has 8 rings (SSSR count). The fraction of sp³-hybridized carbons (Fsp3) is 0.643. The lowest BCUT2D eigenvalue weighted by Gasteiger charge is -2.26. The molecule has 4 saturated carbocycles. The molecule has 2 aromatic carbocycles. The number of fused-ring (bicyclic) bond motifs is 2. The molecule has 8 atom stereocenters. The molecule has 2 amide bonds. The molecule has 2 heterocycles. The molecule has 6 fully saturated rings. The number of hydrogen-bond donors (Lipinski definition) is 3. The van der Waals surface area contributed by atoms with E-state index in [9.17, 15) is 14.4 Å². The van der Waals surface area contributed by atoms with Crippen molar-refractivity contribution < 1.29 is 62.1 Å². The van der Waals surface area contributed by atoms with Gasteiger partial charge in [-0.25, -0.2) is 14.4 Å². The van der Waals surface area contributed by atoms with E-state index in [1.54, 1.807) is 6.92 Å². The molecule has 2 aliphatic heterocycles. The lowest BCUT2D eigenvalue weighted by atomic mass is 10.2. The number of aliphatic hydroxyl groups is 1. The van der Waals surface area contributed by atoms with Crippen LogP contribution in [0, 0.1) is 0 Å². The maximum atomic E-state index is 12.4. The Morgan fingerprint density at radius 1 is 0.649 bits per heavy atom. The quantitative estimate of drug-likeness (QED) is 0.186. The van der Waals surface area contributed by atoms with E-state index in [0.717, 1.165) is 62.5 Å². The van der Waals surface area contributed by atoms with Crippen LogP contribution in [0.15, 0.2) is 60.7 Å². The maximum Gasteiger partial charge on any atom is 0.407 e. The van der Waals surface area contributed by atoms with Crippen molar-refractivity contribution in [2.45, 2.75) is 145 Å². The van der Waals surface area contributed by atoms with E-state index in [-0.39, 0.29) is 81.7 Å². The predicted molar refractivity (Wildman–Crippen MR) is 201 cm³/mol. The van der Waals surface area contributed by atoms with E-state index >= 15 is 0 Å². The third-order valence-corrected chi connectivity index (χ3v) is 11.5. The molecule has 0 bridgehead atoms. The Hall–Kier alpha value is -3.83. The van der Waals surface area contributed by atoms with Gasteiger partial charge < -0.3 is 58.4 Å². The van der Waals surface area contributed by atoms with Gasteiger partial charge in [-0.3, -0.25) is 0 Å². The third-order valence-electron chi connectivity index (χ3n) is 11.5. The van der Waals surface area contributed by atoms with Crippen molar-refractivity contribution in [2.75, 3.05) is 26.4 Å². The molecule has 0 unspecified atom stereocenters. The van der Waals surface area contributed by atoms with Gasteiger partial charge in [-0.2, -0.15) is 0 Å². The first-order valence-corrected chi connectivity index (χ1v) is 20.4. The van der Waals surface area contributed by atoms with Gasteiger partial charge in [-0.15, -0.1) is 0 Å². The van der Waals surface area contributed by atoms with Crippen LogP contribution in [0.2, 0.25) is 0 Å². The first-order valence-electron chi connectivity index (χ1n) is 20.4. The Labute approximate surface area is 333 Å². The summed E-state index contributed by atoms with van der Waals surface area (Å²) in [5.41, 5.74) is 1.85. The van der Waals surface area contributed by atoms with E-state index in [0.29, 0.717) is 19.4 Å². The van der Waals surface area contributed by atoms with Crippen molar-refractivity contribution in [1.29, 1.82) is 0 Å². The first-order chi connectivity index (χ1) is 27.8. The first kappa shape index (κ1) is 41.3. The second-order valence-electron chi connectivity index (χ2n) is 15.4. The summed E-state index contributed by atoms with van der Waals surface area (Å²) in [6.45, 7) is 2.52. The third kappa shape index (κ3) is 10.4. The van der Waals surface area contributed by atoms with Crippen LogP contribution in [-0.4, -0.2) is 110 Å². The van der Waals surface area contributed by atoms with Crippen molar-refractivity contribution >= 4 is 18.2 Å². The second-order valence-corrected chi connectivity index (χ2v) is 15.4. The van der Waals surface area contributed by atoms with Crippen molar-refractivity contribution in [2.24, 2.45) is 0 Å². The van der Waals surface area contributed by atoms with Gasteiger partial charge in [-0.05, 0) is 56.6 Å². The molecule has 2 saturated heterocycles. The highest BCUT2D eigenvalue weighted by atomic mass is 16.8. The monoisotopic (exact) mass is 796 g/mol. The van der Waals surface area contributed by atoms with Gasteiger partial charge in [0.05, 0.1) is 44.1 Å². The van der Waals surface area contributed by atoms with Gasteiger partial charge in [0.25, 0.3) is 0 Å². The Morgan fingerprint density at radius 3 is 1.53 bits per heavy atom. The summed E-state index contributed by atoms with van der Waals surface area (Å²) >= 11 is 0. The molecular formula is C42H56N2O13. The SMILES string of the molecule is CCOC(=O)CO[C@H]1C[C@@H](NC(=O)OCc2ccccc2)[C@@H]2OC3(CCCC3)O[C@@H]21.O=C(N[C@@H]1C[C@H](OCCO)[C@H]2OC3(CCCC3)O[C@H]21)OCc1ccccc1. The zero-order valence-corrected chi connectivity index (χ0v) is 32.6. The number of rotatable bonds is 13. The van der Waals surface area contributed by atoms with Crippen LogP contribution >= 0.6 is 0 Å². The zero-order chi connectivity index (χ0) is 39.7. The summed E-state index contributed by atoms with van der Waals surface area (Å²) in [5, 5.41) is 14.9. The standard InChI is InChI=1S/C22H29NO7.C20H27NO6/c1-2-26-18(24)14-27-17-12-16(19-20(17)30-22(29-19)10-6-7-11-22)23-21(25)28-13-15-8-4-3-5-9-15;22-10-11-24-16-12-15(17-18(16)27-20(26-17)8-4-5-9-20)21-19(23)25-13-14-6-2-1-3-7-14/h3-5,8-9,16-17,19-20H,2,6-7,10-14H2,1H3,(H,23,25);1-3,6-7,15-18,22H,4-5,8-13H2,(H,21,23)/t16-,17+,19+,20-;15-,16+,17+,18-/m11/s1. The van der Waals surface area contributed by atoms with Crippen molar-refractivity contribution in [3.05, 3.63) is 71.8 Å². The molecular weight excluding hydrogens is 740 g/mol. The molecule has 57 heavy (non-hydrogen) atoms. The fourth-order valence-electron chi connectivity index (χ4n) is 8.87. The van der Waals surface area contributed by atoms with Crippen LogP contribution in [0.4, 0.5) is 9.59 Å². The molecule has 15 heteroatoms. The van der Waals surface area contributed by atoms with E-state index in [1.807, 2.05) is 60.7 Å². The molecule has 6 aliphatic rings. The summed E-state index contributed by atoms with van der Waals surface area (Å²) < 4.78 is 52.4. The highest BCUT2D eigenvalue weighted by Gasteiger charge is 2.60. The van der Waals surface area contributed by atoms with Crippen LogP contribution < -0.4 is 10.6 Å². The zero-order valence-electron chi connectivity index (χ0n) is 32.6. The van der Waals surface area contributed by atoms with E-state index in [2.05, 4.69) is 10.6 Å². The number of carbonyl (C=O) groups excluding carboxylic acids is 3. The van der Waals surface area contributed by atoms with E-state index in [1.165, 1.54) is 0 Å². The number of alkyl carbamates (subject to hydrolysis) is 2. The number of ether oxygens (including phenoxy) is 9. The minimum Gasteiger partial charge on any atom is -0.464 e. The highest BCUT2D eigenvalue weighted by Crippen LogP contribution is 2.48. The van der Waals surface area contributed by atoms with Gasteiger partial charge in [0, 0.05) is 25.7 Å². The smallest absolute Gasteiger partial charge is 0.407 e. The average molecular weight is 797 g/mol. The number of amides is 2. The Bertz CT molecular complexity index is 1600. The second kappa shape index (κ2) is 19.3. The van der Waals surface area contributed by atoms with Crippen molar-refractivity contribution in [3.63, 3.8) is 0 Å².